The van der Waals surface area contributed by atoms with Crippen LogP contribution >= 0.6 is 0 Å². The molecule has 0 saturated heterocycles. The third-order valence-electron chi connectivity index (χ3n) is 2.72. The van der Waals surface area contributed by atoms with Crippen LogP contribution < -0.4 is 10.6 Å². The quantitative estimate of drug-likeness (QED) is 0.571. The smallest absolute Gasteiger partial charge is 0.326 e. The zero-order valence-corrected chi connectivity index (χ0v) is 11.7. The molecule has 1 atom stereocenters. The van der Waals surface area contributed by atoms with Crippen LogP contribution in [-0.2, 0) is 16.1 Å². The van der Waals surface area contributed by atoms with E-state index in [1.165, 1.54) is 0 Å². The number of rotatable bonds is 7. The minimum Gasteiger partial charge on any atom is -0.481 e. The van der Waals surface area contributed by atoms with Gasteiger partial charge in [-0.05, 0) is 20.3 Å². The Morgan fingerprint density at radius 2 is 1.95 bits per heavy atom. The largest absolute Gasteiger partial charge is 0.481 e. The van der Waals surface area contributed by atoms with Crippen LogP contribution in [0.2, 0.25) is 0 Å². The Bertz CT molecular complexity index is 520. The summed E-state index contributed by atoms with van der Waals surface area (Å²) < 4.78 is 5.25. The molecule has 1 heterocycles. The van der Waals surface area contributed by atoms with Crippen LogP contribution in [0.4, 0.5) is 4.79 Å². The van der Waals surface area contributed by atoms with E-state index in [-0.39, 0.29) is 19.4 Å². The third kappa shape index (κ3) is 5.51. The molecular weight excluding hydrogens is 282 g/mol. The van der Waals surface area contributed by atoms with Crippen LogP contribution in [0.25, 0.3) is 0 Å². The number of carbonyl (C=O) groups is 3. The number of carbonyl (C=O) groups excluding carboxylic acids is 1. The normalized spacial score (nSPS) is 11.7. The van der Waals surface area contributed by atoms with E-state index in [0.717, 1.165) is 0 Å². The molecule has 0 aliphatic rings. The SMILES string of the molecule is Cc1nc(CNC(=O)N[C@@H](CCC(=O)O)C(=O)O)oc1C. The minimum absolute atomic E-state index is 0.00574. The van der Waals surface area contributed by atoms with Gasteiger partial charge >= 0.3 is 18.0 Å². The summed E-state index contributed by atoms with van der Waals surface area (Å²) in [5, 5.41) is 22.0. The maximum atomic E-state index is 11.6. The highest BCUT2D eigenvalue weighted by atomic mass is 16.4. The first-order valence-corrected chi connectivity index (χ1v) is 6.21. The van der Waals surface area contributed by atoms with Crippen LogP contribution in [-0.4, -0.2) is 39.2 Å². The summed E-state index contributed by atoms with van der Waals surface area (Å²) in [6.07, 6.45) is -0.551. The molecule has 0 bridgehead atoms. The van der Waals surface area contributed by atoms with Gasteiger partial charge in [-0.1, -0.05) is 0 Å². The van der Waals surface area contributed by atoms with Gasteiger partial charge in [0.05, 0.1) is 12.2 Å². The second-order valence-corrected chi connectivity index (χ2v) is 4.40. The van der Waals surface area contributed by atoms with Crippen molar-refractivity contribution < 1.29 is 29.0 Å². The molecule has 0 radical (unpaired) electrons. The number of aliphatic carboxylic acids is 2. The number of hydrogen-bond donors (Lipinski definition) is 4. The summed E-state index contributed by atoms with van der Waals surface area (Å²) in [7, 11) is 0. The second kappa shape index (κ2) is 7.27. The number of nitrogens with zero attached hydrogens (tertiary/aromatic N) is 1. The molecule has 1 rings (SSSR count). The number of carboxylic acids is 2. The van der Waals surface area contributed by atoms with Crippen molar-refractivity contribution in [1.82, 2.24) is 15.6 Å². The molecule has 2 amide bonds. The lowest BCUT2D eigenvalue weighted by Crippen LogP contribution is -2.46. The lowest BCUT2D eigenvalue weighted by molar-refractivity contribution is -0.140. The Morgan fingerprint density at radius 1 is 1.29 bits per heavy atom. The minimum atomic E-state index is -1.30. The lowest BCUT2D eigenvalue weighted by Gasteiger charge is -2.13. The first-order chi connectivity index (χ1) is 9.79. The first-order valence-electron chi connectivity index (χ1n) is 6.21. The molecule has 1 aromatic heterocycles. The van der Waals surface area contributed by atoms with Gasteiger partial charge in [0.25, 0.3) is 0 Å². The fourth-order valence-electron chi connectivity index (χ4n) is 1.51. The van der Waals surface area contributed by atoms with Crippen molar-refractivity contribution in [3.8, 4) is 0 Å². The van der Waals surface area contributed by atoms with Gasteiger partial charge in [0, 0.05) is 6.42 Å². The van der Waals surface area contributed by atoms with Gasteiger partial charge in [-0.25, -0.2) is 14.6 Å². The molecule has 0 saturated carbocycles. The van der Waals surface area contributed by atoms with E-state index in [9.17, 15) is 14.4 Å². The average molecular weight is 299 g/mol. The molecule has 0 aromatic carbocycles. The number of carboxylic acid groups (broad SMARTS) is 2. The molecule has 116 valence electrons. The highest BCUT2D eigenvalue weighted by molar-refractivity contribution is 5.82. The number of oxazole rings is 1. The Kier molecular flexibility index (Phi) is 5.70. The first kappa shape index (κ1) is 16.5. The Hall–Kier alpha value is -2.58. The Balaban J connectivity index is 2.46. The number of urea groups is 1. The summed E-state index contributed by atoms with van der Waals surface area (Å²) in [5.41, 5.74) is 0.706. The molecule has 0 aliphatic heterocycles. The van der Waals surface area contributed by atoms with Crippen molar-refractivity contribution in [3.63, 3.8) is 0 Å². The van der Waals surface area contributed by atoms with E-state index < -0.39 is 24.0 Å². The monoisotopic (exact) mass is 299 g/mol. The van der Waals surface area contributed by atoms with Crippen molar-refractivity contribution in [2.75, 3.05) is 0 Å². The van der Waals surface area contributed by atoms with Crippen molar-refractivity contribution >= 4 is 18.0 Å². The van der Waals surface area contributed by atoms with Crippen molar-refractivity contribution in [2.24, 2.45) is 0 Å². The Morgan fingerprint density at radius 3 is 2.43 bits per heavy atom. The molecule has 0 spiro atoms. The second-order valence-electron chi connectivity index (χ2n) is 4.40. The maximum Gasteiger partial charge on any atom is 0.326 e. The van der Waals surface area contributed by atoms with Crippen molar-refractivity contribution in [2.45, 2.75) is 39.3 Å². The van der Waals surface area contributed by atoms with E-state index >= 15 is 0 Å². The van der Waals surface area contributed by atoms with E-state index in [4.69, 9.17) is 14.6 Å². The van der Waals surface area contributed by atoms with Gasteiger partial charge < -0.3 is 25.3 Å². The van der Waals surface area contributed by atoms with Crippen LogP contribution in [0.15, 0.2) is 4.42 Å². The fourth-order valence-corrected chi connectivity index (χ4v) is 1.51. The number of aromatic nitrogens is 1. The van der Waals surface area contributed by atoms with Gasteiger partial charge in [-0.15, -0.1) is 0 Å². The van der Waals surface area contributed by atoms with E-state index in [2.05, 4.69) is 15.6 Å². The summed E-state index contributed by atoms with van der Waals surface area (Å²) in [5.74, 6) is -1.49. The van der Waals surface area contributed by atoms with Crippen LogP contribution in [0.5, 0.6) is 0 Å². The predicted molar refractivity (Wildman–Crippen MR) is 69.6 cm³/mol. The zero-order valence-electron chi connectivity index (χ0n) is 11.7. The summed E-state index contributed by atoms with van der Waals surface area (Å²) in [6, 6.07) is -2.00. The molecule has 1 aromatic rings. The van der Waals surface area contributed by atoms with E-state index in [1.54, 1.807) is 13.8 Å². The summed E-state index contributed by atoms with van der Waals surface area (Å²) in [4.78, 5) is 36.9. The number of nitrogens with one attached hydrogen (secondary N) is 2. The lowest BCUT2D eigenvalue weighted by atomic mass is 10.1. The molecule has 21 heavy (non-hydrogen) atoms. The van der Waals surface area contributed by atoms with Crippen LogP contribution in [0.1, 0.15) is 30.2 Å². The van der Waals surface area contributed by atoms with Crippen molar-refractivity contribution in [3.05, 3.63) is 17.3 Å². The van der Waals surface area contributed by atoms with Gasteiger partial charge in [-0.3, -0.25) is 4.79 Å². The Labute approximate surface area is 120 Å². The maximum absolute atomic E-state index is 11.6. The van der Waals surface area contributed by atoms with Crippen molar-refractivity contribution in [1.29, 1.82) is 0 Å². The fraction of sp³-hybridized carbons (Fsp3) is 0.500. The average Bonchev–Trinajstić information content (AvgIpc) is 2.71. The highest BCUT2D eigenvalue weighted by Gasteiger charge is 2.21. The number of aryl methyl sites for hydroxylation is 2. The zero-order chi connectivity index (χ0) is 16.0. The third-order valence-corrected chi connectivity index (χ3v) is 2.72. The van der Waals surface area contributed by atoms with E-state index in [1.807, 2.05) is 0 Å². The predicted octanol–water partition coefficient (Wildman–Crippen LogP) is 0.409. The topological polar surface area (TPSA) is 142 Å². The molecule has 0 unspecified atom stereocenters. The van der Waals surface area contributed by atoms with Crippen LogP contribution in [0, 0.1) is 13.8 Å². The summed E-state index contributed by atoms with van der Waals surface area (Å²) in [6.45, 7) is 3.50. The van der Waals surface area contributed by atoms with Gasteiger partial charge in [0.2, 0.25) is 5.89 Å². The molecule has 0 aliphatic carbocycles. The number of amides is 2. The highest BCUT2D eigenvalue weighted by Crippen LogP contribution is 2.07. The molecular formula is C12H17N3O6. The summed E-state index contributed by atoms with van der Waals surface area (Å²) >= 11 is 0. The molecule has 9 nitrogen and oxygen atoms in total. The molecule has 9 heteroatoms. The van der Waals surface area contributed by atoms with E-state index in [0.29, 0.717) is 17.3 Å². The number of hydrogen-bond acceptors (Lipinski definition) is 5. The molecule has 0 fully saturated rings. The van der Waals surface area contributed by atoms with Crippen LogP contribution in [0.3, 0.4) is 0 Å². The van der Waals surface area contributed by atoms with Gasteiger partial charge in [-0.2, -0.15) is 0 Å². The van der Waals surface area contributed by atoms with Gasteiger partial charge in [0.1, 0.15) is 11.8 Å². The molecule has 4 N–H and O–H groups in total. The standard InChI is InChI=1S/C12H17N3O6/c1-6-7(2)21-9(14-6)5-13-12(20)15-8(11(18)19)3-4-10(16)17/h8H,3-5H2,1-2H3,(H,16,17)(H,18,19)(H2,13,15,20)/t8-/m0/s1. The van der Waals surface area contributed by atoms with Gasteiger partial charge in [0.15, 0.2) is 0 Å².